The van der Waals surface area contributed by atoms with Gasteiger partial charge < -0.3 is 20.9 Å². The molecular formula is C32H34ClN9O3S. The van der Waals surface area contributed by atoms with E-state index in [1.807, 2.05) is 44.2 Å². The van der Waals surface area contributed by atoms with Crippen LogP contribution in [-0.2, 0) is 16.1 Å². The molecule has 0 spiro atoms. The summed E-state index contributed by atoms with van der Waals surface area (Å²) in [5.74, 6) is 1.28. The monoisotopic (exact) mass is 659 g/mol. The van der Waals surface area contributed by atoms with Crippen LogP contribution in [0.5, 0.6) is 0 Å². The summed E-state index contributed by atoms with van der Waals surface area (Å²) in [5, 5.41) is 12.8. The summed E-state index contributed by atoms with van der Waals surface area (Å²) in [6.45, 7) is 7.83. The van der Waals surface area contributed by atoms with Crippen molar-refractivity contribution in [2.24, 2.45) is 0 Å². The number of piperidine rings is 1. The van der Waals surface area contributed by atoms with Crippen molar-refractivity contribution >= 4 is 68.8 Å². The highest BCUT2D eigenvalue weighted by Crippen LogP contribution is 2.29. The van der Waals surface area contributed by atoms with E-state index >= 15 is 0 Å². The minimum Gasteiger partial charge on any atom is -0.374 e. The van der Waals surface area contributed by atoms with Crippen LogP contribution in [0.2, 0.25) is 5.02 Å². The predicted molar refractivity (Wildman–Crippen MR) is 180 cm³/mol. The van der Waals surface area contributed by atoms with E-state index in [4.69, 9.17) is 11.6 Å². The zero-order valence-corrected chi connectivity index (χ0v) is 27.0. The number of aryl methyl sites for hydroxylation is 2. The maximum atomic E-state index is 12.9. The summed E-state index contributed by atoms with van der Waals surface area (Å²) in [6.07, 6.45) is 2.36. The third-order valence-electron chi connectivity index (χ3n) is 7.86. The van der Waals surface area contributed by atoms with E-state index in [-0.39, 0.29) is 17.7 Å². The Morgan fingerprint density at radius 1 is 1.07 bits per heavy atom. The van der Waals surface area contributed by atoms with E-state index in [0.717, 1.165) is 55.4 Å². The normalized spacial score (nSPS) is 17.0. The lowest BCUT2D eigenvalue weighted by Crippen LogP contribution is -2.47. The fourth-order valence-electron chi connectivity index (χ4n) is 5.47. The molecule has 3 amide bonds. The Labute approximate surface area is 275 Å². The molecule has 6 rings (SSSR count). The molecule has 2 aliphatic heterocycles. The van der Waals surface area contributed by atoms with Crippen LogP contribution in [0.1, 0.15) is 39.5 Å². The molecule has 0 saturated carbocycles. The third-order valence-corrected chi connectivity index (χ3v) is 9.09. The first-order chi connectivity index (χ1) is 22.2. The molecule has 0 radical (unpaired) electrons. The first-order valence-electron chi connectivity index (χ1n) is 15.0. The standard InChI is InChI=1S/C32H34ClN9O3S/c1-19-5-3-8-23(33)29(19)40-31(45)25-17-34-32(46-25)38-26-16-27(36-20(2)35-26)42-13-11-41(12-14-42)18-21-6-4-7-22(15-21)37-24-9-10-28(43)39-30(24)44/h3-8,15-17,24,37H,9-14,18H2,1-2H3,(H,40,45)(H,39,43,44)(H,34,35,36,38). The molecule has 0 aliphatic carbocycles. The van der Waals surface area contributed by atoms with Crippen molar-refractivity contribution in [2.45, 2.75) is 39.3 Å². The number of carbonyl (C=O) groups excluding carboxylic acids is 3. The number of rotatable bonds is 9. The Balaban J connectivity index is 1.03. The van der Waals surface area contributed by atoms with E-state index in [1.54, 1.807) is 6.07 Å². The molecule has 0 bridgehead atoms. The highest BCUT2D eigenvalue weighted by atomic mass is 35.5. The average molecular weight is 660 g/mol. The van der Waals surface area contributed by atoms with Gasteiger partial charge in [-0.25, -0.2) is 15.0 Å². The second-order valence-corrected chi connectivity index (χ2v) is 12.7. The number of carbonyl (C=O) groups is 3. The van der Waals surface area contributed by atoms with Crippen LogP contribution in [0.15, 0.2) is 54.7 Å². The Morgan fingerprint density at radius 3 is 2.65 bits per heavy atom. The summed E-state index contributed by atoms with van der Waals surface area (Å²) in [6, 6.07) is 15.0. The van der Waals surface area contributed by atoms with Gasteiger partial charge in [0.05, 0.1) is 16.9 Å². The van der Waals surface area contributed by atoms with E-state index in [9.17, 15) is 14.4 Å². The lowest BCUT2D eigenvalue weighted by atomic mass is 10.1. The van der Waals surface area contributed by atoms with Crippen LogP contribution in [0, 0.1) is 13.8 Å². The van der Waals surface area contributed by atoms with Gasteiger partial charge in [-0.2, -0.15) is 0 Å². The first kappa shape index (κ1) is 31.4. The molecule has 12 nitrogen and oxygen atoms in total. The molecule has 1 unspecified atom stereocenters. The highest BCUT2D eigenvalue weighted by molar-refractivity contribution is 7.17. The lowest BCUT2D eigenvalue weighted by molar-refractivity contribution is -0.133. The number of halogens is 1. The summed E-state index contributed by atoms with van der Waals surface area (Å²) in [4.78, 5) is 55.2. The third kappa shape index (κ3) is 7.61. The summed E-state index contributed by atoms with van der Waals surface area (Å²) >= 11 is 7.50. The minimum absolute atomic E-state index is 0.222. The molecule has 14 heteroatoms. The van der Waals surface area contributed by atoms with Gasteiger partial charge in [-0.05, 0) is 49.6 Å². The smallest absolute Gasteiger partial charge is 0.267 e. The number of hydrogen-bond acceptors (Lipinski definition) is 11. The van der Waals surface area contributed by atoms with Crippen LogP contribution in [0.3, 0.4) is 0 Å². The first-order valence-corrected chi connectivity index (χ1v) is 16.2. The molecule has 4 heterocycles. The molecule has 2 aliphatic rings. The van der Waals surface area contributed by atoms with E-state index in [2.05, 4.69) is 58.2 Å². The lowest BCUT2D eigenvalue weighted by Gasteiger charge is -2.35. The number of aromatic nitrogens is 3. The second kappa shape index (κ2) is 13.8. The number of nitrogens with one attached hydrogen (secondary N) is 4. The van der Waals surface area contributed by atoms with Crippen LogP contribution in [-0.4, -0.2) is 69.8 Å². The Kier molecular flexibility index (Phi) is 9.43. The van der Waals surface area contributed by atoms with Gasteiger partial charge in [-0.15, -0.1) is 0 Å². The molecule has 2 aromatic heterocycles. The fourth-order valence-corrected chi connectivity index (χ4v) is 6.46. The number of hydrogen-bond donors (Lipinski definition) is 4. The number of nitrogens with zero attached hydrogens (tertiary/aromatic N) is 5. The molecule has 4 N–H and O–H groups in total. The van der Waals surface area contributed by atoms with E-state index in [0.29, 0.717) is 45.2 Å². The SMILES string of the molecule is Cc1nc(Nc2ncc(C(=O)Nc3c(C)cccc3Cl)s2)cc(N2CCN(Cc3cccc(NC4CCC(=O)NC4=O)c3)CC2)n1. The van der Waals surface area contributed by atoms with Gasteiger partial charge in [0, 0.05) is 50.9 Å². The van der Waals surface area contributed by atoms with Gasteiger partial charge in [0.1, 0.15) is 28.4 Å². The molecule has 2 saturated heterocycles. The Morgan fingerprint density at radius 2 is 1.87 bits per heavy atom. The molecular weight excluding hydrogens is 626 g/mol. The van der Waals surface area contributed by atoms with Gasteiger partial charge in [-0.1, -0.05) is 47.2 Å². The van der Waals surface area contributed by atoms with E-state index in [1.165, 1.54) is 17.5 Å². The van der Waals surface area contributed by atoms with Crippen molar-refractivity contribution in [2.75, 3.05) is 47.0 Å². The minimum atomic E-state index is -0.409. The number of piperazine rings is 1. The van der Waals surface area contributed by atoms with Crippen molar-refractivity contribution in [3.05, 3.63) is 81.6 Å². The number of para-hydroxylation sites is 1. The zero-order valence-electron chi connectivity index (χ0n) is 25.5. The maximum Gasteiger partial charge on any atom is 0.267 e. The van der Waals surface area contributed by atoms with Crippen LogP contribution in [0.25, 0.3) is 0 Å². The molecule has 1 atom stereocenters. The Hall–Kier alpha value is -4.59. The van der Waals surface area contributed by atoms with Crippen molar-refractivity contribution in [1.82, 2.24) is 25.2 Å². The predicted octanol–water partition coefficient (Wildman–Crippen LogP) is 4.74. The molecule has 46 heavy (non-hydrogen) atoms. The summed E-state index contributed by atoms with van der Waals surface area (Å²) in [7, 11) is 0. The van der Waals surface area contributed by atoms with Crippen molar-refractivity contribution in [3.8, 4) is 0 Å². The number of anilines is 5. The van der Waals surface area contributed by atoms with Crippen molar-refractivity contribution in [1.29, 1.82) is 0 Å². The van der Waals surface area contributed by atoms with Gasteiger partial charge in [-0.3, -0.25) is 24.6 Å². The second-order valence-electron chi connectivity index (χ2n) is 11.3. The largest absolute Gasteiger partial charge is 0.374 e. The van der Waals surface area contributed by atoms with Crippen molar-refractivity contribution < 1.29 is 14.4 Å². The number of thiazole rings is 1. The van der Waals surface area contributed by atoms with Crippen LogP contribution < -0.4 is 26.2 Å². The molecule has 2 fully saturated rings. The zero-order chi connectivity index (χ0) is 32.2. The van der Waals surface area contributed by atoms with Gasteiger partial charge in [0.15, 0.2) is 5.13 Å². The molecule has 2 aromatic carbocycles. The van der Waals surface area contributed by atoms with Crippen LogP contribution >= 0.6 is 22.9 Å². The maximum absolute atomic E-state index is 12.9. The average Bonchev–Trinajstić information content (AvgIpc) is 3.49. The number of amides is 3. The number of benzene rings is 2. The van der Waals surface area contributed by atoms with Gasteiger partial charge >= 0.3 is 0 Å². The van der Waals surface area contributed by atoms with E-state index < -0.39 is 6.04 Å². The summed E-state index contributed by atoms with van der Waals surface area (Å²) < 4.78 is 0. The topological polar surface area (TPSA) is 144 Å². The molecule has 4 aromatic rings. The highest BCUT2D eigenvalue weighted by Gasteiger charge is 2.26. The van der Waals surface area contributed by atoms with Crippen molar-refractivity contribution in [3.63, 3.8) is 0 Å². The number of imide groups is 1. The quantitative estimate of drug-likeness (QED) is 0.186. The summed E-state index contributed by atoms with van der Waals surface area (Å²) in [5.41, 5.74) is 3.48. The fraction of sp³-hybridized carbons (Fsp3) is 0.312. The Bertz CT molecular complexity index is 1750. The van der Waals surface area contributed by atoms with Crippen LogP contribution in [0.4, 0.5) is 28.1 Å². The molecule has 238 valence electrons. The van der Waals surface area contributed by atoms with Gasteiger partial charge in [0.25, 0.3) is 5.91 Å². The van der Waals surface area contributed by atoms with Gasteiger partial charge in [0.2, 0.25) is 11.8 Å².